The summed E-state index contributed by atoms with van der Waals surface area (Å²) in [5, 5.41) is 11.5. The molecule has 7 heteroatoms. The molecule has 0 aromatic heterocycles. The molecule has 1 unspecified atom stereocenters. The normalized spacial score (nSPS) is 19.2. The Labute approximate surface area is 235 Å². The van der Waals surface area contributed by atoms with Crippen molar-refractivity contribution >= 4 is 17.4 Å². The fourth-order valence-electron chi connectivity index (χ4n) is 5.37. The maximum Gasteiger partial charge on any atom is 0.295 e. The second-order valence-electron chi connectivity index (χ2n) is 10.5. The smallest absolute Gasteiger partial charge is 0.295 e. The monoisotopic (exact) mass is 540 g/mol. The van der Waals surface area contributed by atoms with Crippen molar-refractivity contribution in [2.24, 2.45) is 0 Å². The standard InChI is InChI=1S/C33H36N2O5/c1-23-9-11-26(12-10-23)30-29(32(37)33(38)35(30)16-6-15-34-17-19-39-20-18-34)31(36)28-14-13-27(21-24(28)2)40-22-25-7-4-3-5-8-25/h3-5,7-14,21,30,36H,6,15-20,22H2,1-2H3/b31-29+. The Morgan fingerprint density at radius 1 is 0.950 bits per heavy atom. The molecule has 0 bridgehead atoms. The summed E-state index contributed by atoms with van der Waals surface area (Å²) in [6, 6.07) is 22.4. The van der Waals surface area contributed by atoms with Crippen LogP contribution >= 0.6 is 0 Å². The number of Topliss-reactive ketones (excluding diaryl/α,β-unsaturated/α-hetero) is 1. The van der Waals surface area contributed by atoms with Crippen molar-refractivity contribution in [2.45, 2.75) is 32.9 Å². The van der Waals surface area contributed by atoms with E-state index in [0.29, 0.717) is 37.7 Å². The lowest BCUT2D eigenvalue weighted by Crippen LogP contribution is -2.38. The van der Waals surface area contributed by atoms with Crippen molar-refractivity contribution in [3.8, 4) is 5.75 Å². The predicted octanol–water partition coefficient (Wildman–Crippen LogP) is 5.03. The van der Waals surface area contributed by atoms with Crippen LogP contribution in [0.15, 0.2) is 78.4 Å². The topological polar surface area (TPSA) is 79.3 Å². The average molecular weight is 541 g/mol. The molecule has 5 rings (SSSR count). The molecule has 1 N–H and O–H groups in total. The van der Waals surface area contributed by atoms with E-state index < -0.39 is 17.7 Å². The van der Waals surface area contributed by atoms with Gasteiger partial charge in [-0.1, -0.05) is 60.2 Å². The first-order valence-corrected chi connectivity index (χ1v) is 13.8. The first-order chi connectivity index (χ1) is 19.4. The number of aryl methyl sites for hydroxylation is 2. The lowest BCUT2D eigenvalue weighted by Gasteiger charge is -2.29. The van der Waals surface area contributed by atoms with Crippen LogP contribution in [0.25, 0.3) is 5.76 Å². The molecule has 3 aromatic rings. The van der Waals surface area contributed by atoms with E-state index in [-0.39, 0.29) is 11.3 Å². The van der Waals surface area contributed by atoms with Crippen LogP contribution in [-0.2, 0) is 20.9 Å². The van der Waals surface area contributed by atoms with Gasteiger partial charge in [0.2, 0.25) is 0 Å². The van der Waals surface area contributed by atoms with E-state index in [9.17, 15) is 14.7 Å². The molecule has 208 valence electrons. The molecule has 7 nitrogen and oxygen atoms in total. The first kappa shape index (κ1) is 27.6. The average Bonchev–Trinajstić information content (AvgIpc) is 3.22. The van der Waals surface area contributed by atoms with Crippen molar-refractivity contribution in [1.82, 2.24) is 9.80 Å². The molecule has 1 atom stereocenters. The summed E-state index contributed by atoms with van der Waals surface area (Å²) in [5.41, 5.74) is 4.33. The lowest BCUT2D eigenvalue weighted by molar-refractivity contribution is -0.140. The highest BCUT2D eigenvalue weighted by Crippen LogP contribution is 2.40. The van der Waals surface area contributed by atoms with Gasteiger partial charge in [0.05, 0.1) is 24.8 Å². The van der Waals surface area contributed by atoms with Crippen LogP contribution < -0.4 is 4.74 Å². The van der Waals surface area contributed by atoms with Gasteiger partial charge in [0, 0.05) is 31.7 Å². The number of ketones is 1. The zero-order valence-electron chi connectivity index (χ0n) is 23.1. The van der Waals surface area contributed by atoms with E-state index in [1.807, 2.05) is 74.5 Å². The number of carbonyl (C=O) groups is 2. The van der Waals surface area contributed by atoms with Crippen molar-refractivity contribution in [3.05, 3.63) is 106 Å². The highest BCUT2D eigenvalue weighted by Gasteiger charge is 2.46. The molecular formula is C33H36N2O5. The molecule has 0 saturated carbocycles. The summed E-state index contributed by atoms with van der Waals surface area (Å²) in [7, 11) is 0. The van der Waals surface area contributed by atoms with Gasteiger partial charge in [0.15, 0.2) is 0 Å². The number of likely N-dealkylation sites (tertiary alicyclic amines) is 1. The SMILES string of the molecule is Cc1ccc(C2/C(=C(\O)c3ccc(OCc4ccccc4)cc3C)C(=O)C(=O)N2CCCN2CCOCC2)cc1. The third-order valence-electron chi connectivity index (χ3n) is 7.61. The van der Waals surface area contributed by atoms with E-state index in [4.69, 9.17) is 9.47 Å². The van der Waals surface area contributed by atoms with Gasteiger partial charge in [-0.15, -0.1) is 0 Å². The molecule has 2 aliphatic rings. The van der Waals surface area contributed by atoms with Crippen LogP contribution in [0.3, 0.4) is 0 Å². The number of morpholine rings is 1. The lowest BCUT2D eigenvalue weighted by atomic mass is 9.93. The zero-order chi connectivity index (χ0) is 28.1. The number of benzene rings is 3. The van der Waals surface area contributed by atoms with Gasteiger partial charge >= 0.3 is 0 Å². The molecule has 2 heterocycles. The maximum atomic E-state index is 13.4. The minimum Gasteiger partial charge on any atom is -0.507 e. The van der Waals surface area contributed by atoms with Crippen LogP contribution in [0.1, 0.15) is 40.3 Å². The van der Waals surface area contributed by atoms with E-state index in [0.717, 1.165) is 48.3 Å². The molecule has 0 radical (unpaired) electrons. The van der Waals surface area contributed by atoms with Crippen LogP contribution in [0.5, 0.6) is 5.75 Å². The van der Waals surface area contributed by atoms with E-state index in [2.05, 4.69) is 4.90 Å². The minimum absolute atomic E-state index is 0.126. The summed E-state index contributed by atoms with van der Waals surface area (Å²) in [5.74, 6) is -0.726. The summed E-state index contributed by atoms with van der Waals surface area (Å²) in [4.78, 5) is 30.7. The molecule has 0 spiro atoms. The Morgan fingerprint density at radius 2 is 1.68 bits per heavy atom. The number of hydrogen-bond donors (Lipinski definition) is 1. The summed E-state index contributed by atoms with van der Waals surface area (Å²) >= 11 is 0. The third-order valence-corrected chi connectivity index (χ3v) is 7.61. The molecular weight excluding hydrogens is 504 g/mol. The number of aliphatic hydroxyl groups is 1. The van der Waals surface area contributed by atoms with E-state index in [1.54, 1.807) is 17.0 Å². The maximum absolute atomic E-state index is 13.4. The molecule has 2 saturated heterocycles. The van der Waals surface area contributed by atoms with Crippen LogP contribution in [0.4, 0.5) is 0 Å². The second kappa shape index (κ2) is 12.5. The van der Waals surface area contributed by atoms with Gasteiger partial charge in [-0.2, -0.15) is 0 Å². The Hall–Kier alpha value is -3.94. The van der Waals surface area contributed by atoms with Crippen molar-refractivity contribution in [1.29, 1.82) is 0 Å². The number of nitrogens with zero attached hydrogens (tertiary/aromatic N) is 2. The Kier molecular flexibility index (Phi) is 8.63. The van der Waals surface area contributed by atoms with Gasteiger partial charge in [0.25, 0.3) is 11.7 Å². The van der Waals surface area contributed by atoms with Gasteiger partial charge in [0.1, 0.15) is 18.1 Å². The first-order valence-electron chi connectivity index (χ1n) is 13.8. The van der Waals surface area contributed by atoms with Crippen molar-refractivity contribution in [3.63, 3.8) is 0 Å². The molecule has 1 amide bonds. The zero-order valence-corrected chi connectivity index (χ0v) is 23.1. The predicted molar refractivity (Wildman–Crippen MR) is 154 cm³/mol. The number of aliphatic hydroxyl groups excluding tert-OH is 1. The largest absolute Gasteiger partial charge is 0.507 e. The Morgan fingerprint density at radius 3 is 2.38 bits per heavy atom. The van der Waals surface area contributed by atoms with E-state index >= 15 is 0 Å². The van der Waals surface area contributed by atoms with Crippen LogP contribution in [0, 0.1) is 13.8 Å². The number of rotatable bonds is 9. The molecule has 40 heavy (non-hydrogen) atoms. The number of amides is 1. The fourth-order valence-corrected chi connectivity index (χ4v) is 5.37. The van der Waals surface area contributed by atoms with Crippen LogP contribution in [-0.4, -0.2) is 66.0 Å². The summed E-state index contributed by atoms with van der Waals surface area (Å²) < 4.78 is 11.4. The van der Waals surface area contributed by atoms with Gasteiger partial charge in [-0.3, -0.25) is 14.5 Å². The summed E-state index contributed by atoms with van der Waals surface area (Å²) in [6.07, 6.45) is 0.724. The van der Waals surface area contributed by atoms with E-state index in [1.165, 1.54) is 0 Å². The molecule has 3 aromatic carbocycles. The molecule has 0 aliphatic carbocycles. The Balaban J connectivity index is 1.42. The molecule has 2 aliphatic heterocycles. The van der Waals surface area contributed by atoms with Crippen LogP contribution in [0.2, 0.25) is 0 Å². The van der Waals surface area contributed by atoms with Crippen molar-refractivity contribution in [2.75, 3.05) is 39.4 Å². The quantitative estimate of drug-likeness (QED) is 0.233. The highest BCUT2D eigenvalue weighted by molar-refractivity contribution is 6.46. The van der Waals surface area contributed by atoms with Gasteiger partial charge in [-0.05, 0) is 55.2 Å². The highest BCUT2D eigenvalue weighted by atomic mass is 16.5. The number of ether oxygens (including phenoxy) is 2. The minimum atomic E-state index is -0.654. The summed E-state index contributed by atoms with van der Waals surface area (Å²) in [6.45, 7) is 8.67. The number of carbonyl (C=O) groups excluding carboxylic acids is 2. The number of hydrogen-bond acceptors (Lipinski definition) is 6. The van der Waals surface area contributed by atoms with Gasteiger partial charge < -0.3 is 19.5 Å². The third kappa shape index (κ3) is 6.11. The second-order valence-corrected chi connectivity index (χ2v) is 10.5. The van der Waals surface area contributed by atoms with Crippen molar-refractivity contribution < 1.29 is 24.2 Å². The Bertz CT molecular complexity index is 1380. The molecule has 2 fully saturated rings. The van der Waals surface area contributed by atoms with Gasteiger partial charge in [-0.25, -0.2) is 0 Å². The fraction of sp³-hybridized carbons (Fsp3) is 0.333.